The Labute approximate surface area is 96.9 Å². The SMILES string of the molecule is CCCC(N)c1c[nH]c2c(CC)cccc12. The molecule has 0 bridgehead atoms. The molecule has 16 heavy (non-hydrogen) atoms. The van der Waals surface area contributed by atoms with E-state index in [9.17, 15) is 0 Å². The van der Waals surface area contributed by atoms with E-state index in [1.54, 1.807) is 0 Å². The third-order valence-electron chi connectivity index (χ3n) is 3.21. The van der Waals surface area contributed by atoms with Gasteiger partial charge in [0.1, 0.15) is 0 Å². The van der Waals surface area contributed by atoms with Gasteiger partial charge in [-0.15, -0.1) is 0 Å². The topological polar surface area (TPSA) is 41.8 Å². The average Bonchev–Trinajstić information content (AvgIpc) is 2.72. The molecule has 2 heteroatoms. The van der Waals surface area contributed by atoms with Crippen molar-refractivity contribution in [2.45, 2.75) is 39.2 Å². The van der Waals surface area contributed by atoms with Gasteiger partial charge < -0.3 is 10.7 Å². The number of nitrogens with one attached hydrogen (secondary N) is 1. The molecule has 2 aromatic rings. The fraction of sp³-hybridized carbons (Fsp3) is 0.429. The van der Waals surface area contributed by atoms with E-state index >= 15 is 0 Å². The lowest BCUT2D eigenvalue weighted by molar-refractivity contribution is 0.642. The monoisotopic (exact) mass is 216 g/mol. The lowest BCUT2D eigenvalue weighted by atomic mass is 10.0. The summed E-state index contributed by atoms with van der Waals surface area (Å²) < 4.78 is 0. The van der Waals surface area contributed by atoms with Crippen LogP contribution in [-0.4, -0.2) is 4.98 Å². The number of H-pyrrole nitrogens is 1. The second kappa shape index (κ2) is 4.71. The first-order valence-electron chi connectivity index (χ1n) is 6.12. The Balaban J connectivity index is 2.48. The largest absolute Gasteiger partial charge is 0.361 e. The van der Waals surface area contributed by atoms with Crippen molar-refractivity contribution in [2.24, 2.45) is 5.73 Å². The molecular weight excluding hydrogens is 196 g/mol. The zero-order valence-corrected chi connectivity index (χ0v) is 10.1. The third kappa shape index (κ3) is 1.85. The summed E-state index contributed by atoms with van der Waals surface area (Å²) in [5.74, 6) is 0. The molecule has 0 radical (unpaired) electrons. The third-order valence-corrected chi connectivity index (χ3v) is 3.21. The van der Waals surface area contributed by atoms with Crippen LogP contribution >= 0.6 is 0 Å². The highest BCUT2D eigenvalue weighted by molar-refractivity contribution is 5.86. The number of aromatic nitrogens is 1. The van der Waals surface area contributed by atoms with Gasteiger partial charge in [0.05, 0.1) is 0 Å². The van der Waals surface area contributed by atoms with E-state index in [4.69, 9.17) is 5.73 Å². The quantitative estimate of drug-likeness (QED) is 0.806. The minimum atomic E-state index is 0.158. The smallest absolute Gasteiger partial charge is 0.0489 e. The molecule has 0 saturated carbocycles. The Kier molecular flexibility index (Phi) is 3.30. The van der Waals surface area contributed by atoms with Crippen LogP contribution in [-0.2, 0) is 6.42 Å². The van der Waals surface area contributed by atoms with Crippen LogP contribution in [0.5, 0.6) is 0 Å². The summed E-state index contributed by atoms with van der Waals surface area (Å²) in [5.41, 5.74) is 10.1. The van der Waals surface area contributed by atoms with Crippen molar-refractivity contribution in [3.05, 3.63) is 35.5 Å². The van der Waals surface area contributed by atoms with Crippen LogP contribution in [0.1, 0.15) is 43.9 Å². The Morgan fingerprint density at radius 1 is 1.31 bits per heavy atom. The van der Waals surface area contributed by atoms with Gasteiger partial charge in [-0.1, -0.05) is 38.5 Å². The first kappa shape index (κ1) is 11.2. The summed E-state index contributed by atoms with van der Waals surface area (Å²) >= 11 is 0. The Hall–Kier alpha value is -1.28. The van der Waals surface area contributed by atoms with Gasteiger partial charge >= 0.3 is 0 Å². The highest BCUT2D eigenvalue weighted by Gasteiger charge is 2.11. The lowest BCUT2D eigenvalue weighted by Gasteiger charge is -2.09. The van der Waals surface area contributed by atoms with E-state index < -0.39 is 0 Å². The predicted molar refractivity (Wildman–Crippen MR) is 69.5 cm³/mol. The van der Waals surface area contributed by atoms with Crippen molar-refractivity contribution >= 4 is 10.9 Å². The maximum atomic E-state index is 6.19. The van der Waals surface area contributed by atoms with Crippen molar-refractivity contribution in [3.8, 4) is 0 Å². The van der Waals surface area contributed by atoms with Gasteiger partial charge in [0, 0.05) is 23.1 Å². The van der Waals surface area contributed by atoms with Gasteiger partial charge in [0.25, 0.3) is 0 Å². The molecule has 2 rings (SSSR count). The van der Waals surface area contributed by atoms with Crippen LogP contribution in [0.15, 0.2) is 24.4 Å². The number of para-hydroxylation sites is 1. The van der Waals surface area contributed by atoms with Crippen LogP contribution in [0.4, 0.5) is 0 Å². The summed E-state index contributed by atoms with van der Waals surface area (Å²) in [6.07, 6.45) is 5.30. The zero-order valence-electron chi connectivity index (χ0n) is 10.1. The molecule has 0 aliphatic carbocycles. The van der Waals surface area contributed by atoms with Crippen LogP contribution in [0, 0.1) is 0 Å². The lowest BCUT2D eigenvalue weighted by Crippen LogP contribution is -2.08. The summed E-state index contributed by atoms with van der Waals surface area (Å²) in [6.45, 7) is 4.35. The molecule has 2 nitrogen and oxygen atoms in total. The number of rotatable bonds is 4. The highest BCUT2D eigenvalue weighted by atomic mass is 14.7. The molecule has 0 aliphatic heterocycles. The fourth-order valence-corrected chi connectivity index (χ4v) is 2.31. The van der Waals surface area contributed by atoms with Crippen molar-refractivity contribution in [1.29, 1.82) is 0 Å². The molecule has 86 valence electrons. The summed E-state index contributed by atoms with van der Waals surface area (Å²) in [6, 6.07) is 6.62. The first-order valence-corrected chi connectivity index (χ1v) is 6.12. The molecule has 0 fully saturated rings. The van der Waals surface area contributed by atoms with Gasteiger partial charge in [-0.05, 0) is 24.0 Å². The molecular formula is C14H20N2. The standard InChI is InChI=1S/C14H20N2/c1-3-6-13(15)12-9-16-14-10(4-2)7-5-8-11(12)14/h5,7-9,13,16H,3-4,6,15H2,1-2H3. The number of hydrogen-bond acceptors (Lipinski definition) is 1. The minimum Gasteiger partial charge on any atom is -0.361 e. The second-order valence-electron chi connectivity index (χ2n) is 4.33. The number of aromatic amines is 1. The van der Waals surface area contributed by atoms with Crippen molar-refractivity contribution in [2.75, 3.05) is 0 Å². The molecule has 3 N–H and O–H groups in total. The Morgan fingerprint density at radius 2 is 2.12 bits per heavy atom. The first-order chi connectivity index (χ1) is 7.77. The summed E-state index contributed by atoms with van der Waals surface area (Å²) in [4.78, 5) is 3.37. The number of hydrogen-bond donors (Lipinski definition) is 2. The van der Waals surface area contributed by atoms with Gasteiger partial charge in [-0.2, -0.15) is 0 Å². The Morgan fingerprint density at radius 3 is 2.81 bits per heavy atom. The van der Waals surface area contributed by atoms with E-state index in [2.05, 4.69) is 43.2 Å². The van der Waals surface area contributed by atoms with Gasteiger partial charge in [-0.25, -0.2) is 0 Å². The number of aryl methyl sites for hydroxylation is 1. The maximum Gasteiger partial charge on any atom is 0.0489 e. The molecule has 0 aliphatic rings. The van der Waals surface area contributed by atoms with Gasteiger partial charge in [-0.3, -0.25) is 0 Å². The summed E-state index contributed by atoms with van der Waals surface area (Å²) in [7, 11) is 0. The molecule has 1 heterocycles. The van der Waals surface area contributed by atoms with Crippen LogP contribution in [0.25, 0.3) is 10.9 Å². The van der Waals surface area contributed by atoms with Crippen molar-refractivity contribution in [1.82, 2.24) is 4.98 Å². The van der Waals surface area contributed by atoms with E-state index in [0.29, 0.717) is 0 Å². The molecule has 1 aromatic carbocycles. The van der Waals surface area contributed by atoms with E-state index in [-0.39, 0.29) is 6.04 Å². The molecule has 1 atom stereocenters. The number of nitrogens with two attached hydrogens (primary N) is 1. The highest BCUT2D eigenvalue weighted by Crippen LogP contribution is 2.27. The van der Waals surface area contributed by atoms with Crippen LogP contribution in [0.3, 0.4) is 0 Å². The summed E-state index contributed by atoms with van der Waals surface area (Å²) in [5, 5.41) is 1.29. The zero-order chi connectivity index (χ0) is 11.5. The van der Waals surface area contributed by atoms with Gasteiger partial charge in [0.15, 0.2) is 0 Å². The van der Waals surface area contributed by atoms with Crippen LogP contribution in [0.2, 0.25) is 0 Å². The van der Waals surface area contributed by atoms with Crippen molar-refractivity contribution in [3.63, 3.8) is 0 Å². The predicted octanol–water partition coefficient (Wildman–Crippen LogP) is 3.53. The van der Waals surface area contributed by atoms with E-state index in [0.717, 1.165) is 19.3 Å². The van der Waals surface area contributed by atoms with Gasteiger partial charge in [0.2, 0.25) is 0 Å². The van der Waals surface area contributed by atoms with Crippen LogP contribution < -0.4 is 5.73 Å². The molecule has 1 unspecified atom stereocenters. The average molecular weight is 216 g/mol. The fourth-order valence-electron chi connectivity index (χ4n) is 2.31. The second-order valence-corrected chi connectivity index (χ2v) is 4.33. The molecule has 0 amide bonds. The molecule has 0 spiro atoms. The maximum absolute atomic E-state index is 6.19. The van der Waals surface area contributed by atoms with Crippen molar-refractivity contribution < 1.29 is 0 Å². The van der Waals surface area contributed by atoms with E-state index in [1.807, 2.05) is 0 Å². The normalized spacial score (nSPS) is 13.2. The van der Waals surface area contributed by atoms with E-state index in [1.165, 1.54) is 22.0 Å². The molecule has 1 aromatic heterocycles. The molecule has 0 saturated heterocycles. The number of fused-ring (bicyclic) bond motifs is 1. The number of benzene rings is 1. The minimum absolute atomic E-state index is 0.158. The Bertz CT molecular complexity index is 471.